The first-order valence-electron chi connectivity index (χ1n) is 12.1. The SMILES string of the molecule is CO[Si](CCCNN1CCN(C)CC1)(OC)O[Si](CCCNN1CCN(C)CC1)(OC)OC. The highest BCUT2D eigenvalue weighted by Crippen LogP contribution is 2.26. The van der Waals surface area contributed by atoms with E-state index >= 15 is 0 Å². The summed E-state index contributed by atoms with van der Waals surface area (Å²) in [5.74, 6) is 0. The molecule has 2 rings (SSSR count). The van der Waals surface area contributed by atoms with Crippen LogP contribution in [0.1, 0.15) is 12.8 Å². The Kier molecular flexibility index (Phi) is 13.4. The number of hydrazine groups is 2. The molecule has 0 radical (unpaired) electrons. The molecule has 0 amide bonds. The molecule has 33 heavy (non-hydrogen) atoms. The van der Waals surface area contributed by atoms with E-state index < -0.39 is 17.6 Å². The van der Waals surface area contributed by atoms with Crippen molar-refractivity contribution in [1.29, 1.82) is 0 Å². The predicted molar refractivity (Wildman–Crippen MR) is 134 cm³/mol. The van der Waals surface area contributed by atoms with Gasteiger partial charge in [0.1, 0.15) is 0 Å². The zero-order valence-electron chi connectivity index (χ0n) is 21.7. The maximum atomic E-state index is 6.53. The molecule has 0 atom stereocenters. The van der Waals surface area contributed by atoms with E-state index in [1.165, 1.54) is 0 Å². The molecule has 2 aliphatic rings. The van der Waals surface area contributed by atoms with Crippen LogP contribution in [0.4, 0.5) is 0 Å². The van der Waals surface area contributed by atoms with Crippen LogP contribution < -0.4 is 10.9 Å². The highest BCUT2D eigenvalue weighted by molar-refractivity contribution is 6.74. The largest absolute Gasteiger partial charge is 0.493 e. The average Bonchev–Trinajstić information content (AvgIpc) is 2.85. The van der Waals surface area contributed by atoms with Gasteiger partial charge in [0, 0.05) is 106 Å². The van der Waals surface area contributed by atoms with Crippen molar-refractivity contribution in [2.45, 2.75) is 24.9 Å². The first-order chi connectivity index (χ1) is 15.9. The third-order valence-corrected chi connectivity index (χ3v) is 13.5. The molecule has 0 spiro atoms. The van der Waals surface area contributed by atoms with Crippen molar-refractivity contribution in [3.05, 3.63) is 0 Å². The molecule has 0 aromatic heterocycles. The van der Waals surface area contributed by atoms with Crippen molar-refractivity contribution in [3.8, 4) is 0 Å². The molecule has 13 heteroatoms. The molecule has 2 saturated heterocycles. The second-order valence-electron chi connectivity index (χ2n) is 8.89. The molecule has 2 heterocycles. The minimum atomic E-state index is -2.91. The fraction of sp³-hybridized carbons (Fsp3) is 1.00. The van der Waals surface area contributed by atoms with Gasteiger partial charge < -0.3 is 31.6 Å². The van der Waals surface area contributed by atoms with E-state index in [9.17, 15) is 0 Å². The van der Waals surface area contributed by atoms with E-state index in [1.54, 1.807) is 28.4 Å². The Morgan fingerprint density at radius 1 is 0.576 bits per heavy atom. The third kappa shape index (κ3) is 9.87. The number of nitrogens with one attached hydrogen (secondary N) is 2. The topological polar surface area (TPSA) is 83.2 Å². The molecule has 0 aliphatic carbocycles. The summed E-state index contributed by atoms with van der Waals surface area (Å²) in [5, 5.41) is 4.58. The van der Waals surface area contributed by atoms with Gasteiger partial charge in [-0.25, -0.2) is 10.0 Å². The highest BCUT2D eigenvalue weighted by Gasteiger charge is 2.51. The monoisotopic (exact) mass is 508 g/mol. The molecule has 0 bridgehead atoms. The first kappa shape index (κ1) is 29.2. The van der Waals surface area contributed by atoms with Crippen molar-refractivity contribution >= 4 is 17.6 Å². The summed E-state index contributed by atoms with van der Waals surface area (Å²) in [6.45, 7) is 10.2. The molecule has 0 aromatic carbocycles. The molecule has 2 fully saturated rings. The van der Waals surface area contributed by atoms with Gasteiger partial charge in [-0.2, -0.15) is 0 Å². The Bertz CT molecular complexity index is 473. The smallest absolute Gasteiger partial charge is 0.377 e. The number of rotatable bonds is 16. The summed E-state index contributed by atoms with van der Waals surface area (Å²) in [4.78, 5) is 4.69. The molecule has 196 valence electrons. The van der Waals surface area contributed by atoms with Crippen LogP contribution in [0.25, 0.3) is 0 Å². The maximum Gasteiger partial charge on any atom is 0.493 e. The Hall–Kier alpha value is -0.00623. The lowest BCUT2D eigenvalue weighted by Crippen LogP contribution is -2.58. The number of nitrogens with zero attached hydrogens (tertiary/aromatic N) is 4. The highest BCUT2D eigenvalue weighted by atomic mass is 28.5. The summed E-state index contributed by atoms with van der Waals surface area (Å²) in [6, 6.07) is 1.42. The minimum Gasteiger partial charge on any atom is -0.377 e. The number of hydrogen-bond acceptors (Lipinski definition) is 11. The van der Waals surface area contributed by atoms with Crippen molar-refractivity contribution in [3.63, 3.8) is 0 Å². The number of likely N-dealkylation sites (N-methyl/N-ethyl adjacent to an activating group) is 2. The zero-order valence-corrected chi connectivity index (χ0v) is 23.7. The molecule has 0 unspecified atom stereocenters. The van der Waals surface area contributed by atoms with Crippen LogP contribution in [-0.4, -0.2) is 145 Å². The Balaban J connectivity index is 1.78. The normalized spacial score (nSPS) is 20.5. The predicted octanol–water partition coefficient (Wildman–Crippen LogP) is -0.249. The average molecular weight is 509 g/mol. The van der Waals surface area contributed by atoms with Crippen molar-refractivity contribution in [2.24, 2.45) is 0 Å². The van der Waals surface area contributed by atoms with E-state index in [-0.39, 0.29) is 0 Å². The van der Waals surface area contributed by atoms with Gasteiger partial charge in [0.15, 0.2) is 0 Å². The Morgan fingerprint density at radius 3 is 1.21 bits per heavy atom. The molecule has 0 saturated carbocycles. The van der Waals surface area contributed by atoms with Crippen molar-refractivity contribution < 1.29 is 21.8 Å². The fourth-order valence-corrected chi connectivity index (χ4v) is 10.5. The second kappa shape index (κ2) is 15.2. The van der Waals surface area contributed by atoms with E-state index in [0.717, 1.165) is 78.3 Å². The van der Waals surface area contributed by atoms with Gasteiger partial charge in [0.05, 0.1) is 0 Å². The lowest BCUT2D eigenvalue weighted by atomic mass is 10.4. The Morgan fingerprint density at radius 2 is 0.909 bits per heavy atom. The summed E-state index contributed by atoms with van der Waals surface area (Å²) in [5.41, 5.74) is 7.05. The van der Waals surface area contributed by atoms with Gasteiger partial charge in [0.2, 0.25) is 0 Å². The molecule has 11 nitrogen and oxygen atoms in total. The number of hydrogen-bond donors (Lipinski definition) is 2. The van der Waals surface area contributed by atoms with Gasteiger partial charge in [0.25, 0.3) is 0 Å². The molecular formula is C20H48N6O5Si2. The molecule has 2 aliphatic heterocycles. The molecular weight excluding hydrogens is 460 g/mol. The van der Waals surface area contributed by atoms with Crippen LogP contribution in [0.15, 0.2) is 0 Å². The first-order valence-corrected chi connectivity index (χ1v) is 16.0. The summed E-state index contributed by atoms with van der Waals surface area (Å²) in [6.07, 6.45) is 1.78. The maximum absolute atomic E-state index is 6.53. The minimum absolute atomic E-state index is 0.710. The van der Waals surface area contributed by atoms with Gasteiger partial charge >= 0.3 is 17.6 Å². The van der Waals surface area contributed by atoms with Crippen LogP contribution >= 0.6 is 0 Å². The van der Waals surface area contributed by atoms with Gasteiger partial charge in [-0.15, -0.1) is 0 Å². The summed E-state index contributed by atoms with van der Waals surface area (Å²) >= 11 is 0. The second-order valence-corrected chi connectivity index (χ2v) is 15.1. The third-order valence-electron chi connectivity index (χ3n) is 6.55. The van der Waals surface area contributed by atoms with Crippen LogP contribution in [0.2, 0.25) is 12.1 Å². The van der Waals surface area contributed by atoms with Crippen LogP contribution in [0, 0.1) is 0 Å². The van der Waals surface area contributed by atoms with Crippen LogP contribution in [-0.2, 0) is 21.8 Å². The van der Waals surface area contributed by atoms with E-state index in [2.05, 4.69) is 44.8 Å². The Labute approximate surface area is 203 Å². The molecule has 0 aromatic rings. The molecule has 2 N–H and O–H groups in total. The summed E-state index contributed by atoms with van der Waals surface area (Å²) < 4.78 is 30.0. The quantitative estimate of drug-likeness (QED) is 0.214. The van der Waals surface area contributed by atoms with Gasteiger partial charge in [-0.05, 0) is 26.9 Å². The van der Waals surface area contributed by atoms with E-state index in [0.29, 0.717) is 12.1 Å². The van der Waals surface area contributed by atoms with Crippen molar-refractivity contribution in [2.75, 3.05) is 108 Å². The number of piperazine rings is 2. The van der Waals surface area contributed by atoms with Crippen LogP contribution in [0.3, 0.4) is 0 Å². The standard InChI is InChI=1S/C20H48N6O5Si2/c1-23-11-15-25(16-12-23)21-9-7-19-32(27-3,28-4)31-33(29-5,30-6)20-8-10-22-26-17-13-24(2)14-18-26/h21-22H,7-20H2,1-6H3. The van der Waals surface area contributed by atoms with Crippen LogP contribution in [0.5, 0.6) is 0 Å². The van der Waals surface area contributed by atoms with Gasteiger partial charge in [-0.3, -0.25) is 10.9 Å². The zero-order chi connectivity index (χ0) is 24.2. The van der Waals surface area contributed by atoms with E-state index in [1.807, 2.05) is 0 Å². The van der Waals surface area contributed by atoms with Crippen molar-refractivity contribution in [1.82, 2.24) is 30.7 Å². The van der Waals surface area contributed by atoms with Gasteiger partial charge in [-0.1, -0.05) is 0 Å². The fourth-order valence-electron chi connectivity index (χ4n) is 4.09. The lowest BCUT2D eigenvalue weighted by molar-refractivity contribution is 0.0817. The summed E-state index contributed by atoms with van der Waals surface area (Å²) in [7, 11) is 5.18. The van der Waals surface area contributed by atoms with E-state index in [4.69, 9.17) is 21.8 Å². The lowest BCUT2D eigenvalue weighted by Gasteiger charge is -2.36.